The minimum Gasteiger partial charge on any atom is -0.548 e. The van der Waals surface area contributed by atoms with Gasteiger partial charge in [0.15, 0.2) is 5.54 Å². The number of aliphatic carboxylic acids is 1. The number of hydrogen-bond acceptors (Lipinski definition) is 10. The van der Waals surface area contributed by atoms with Gasteiger partial charge in [0, 0.05) is 91.9 Å². The van der Waals surface area contributed by atoms with Crippen LogP contribution in [0.2, 0.25) is 0 Å². The van der Waals surface area contributed by atoms with Gasteiger partial charge in [-0.05, 0) is 74.7 Å². The van der Waals surface area contributed by atoms with Crippen LogP contribution < -0.4 is 39.5 Å². The van der Waals surface area contributed by atoms with Crippen LogP contribution in [0.1, 0.15) is 56.9 Å². The number of carboxylic acids is 1. The fraction of sp³-hybridized carbons (Fsp3) is 0.245. The molecule has 0 aliphatic carbocycles. The van der Waals surface area contributed by atoms with E-state index in [1.807, 2.05) is 47.8 Å². The van der Waals surface area contributed by atoms with Crippen molar-refractivity contribution in [3.8, 4) is 38.1 Å². The summed E-state index contributed by atoms with van der Waals surface area (Å²) < 4.78 is 18.2. The van der Waals surface area contributed by atoms with E-state index >= 15 is 0 Å². The number of likely N-dealkylation sites (N-methyl/N-ethyl adjacent to an activating group) is 1. The van der Waals surface area contributed by atoms with Crippen molar-refractivity contribution in [2.75, 3.05) is 43.6 Å². The lowest BCUT2D eigenvalue weighted by atomic mass is 9.81. The van der Waals surface area contributed by atoms with Crippen molar-refractivity contribution in [3.05, 3.63) is 130 Å². The topological polar surface area (TPSA) is 97.5 Å². The van der Waals surface area contributed by atoms with Crippen molar-refractivity contribution in [1.29, 1.82) is 0 Å². The zero-order valence-corrected chi connectivity index (χ0v) is 36.1. The molecule has 5 aromatic carbocycles. The Morgan fingerprint density at radius 1 is 0.883 bits per heavy atom. The first-order chi connectivity index (χ1) is 28.8. The summed E-state index contributed by atoms with van der Waals surface area (Å²) in [5.41, 5.74) is 8.73. The van der Waals surface area contributed by atoms with Crippen LogP contribution >= 0.6 is 22.7 Å². The lowest BCUT2D eigenvalue weighted by Crippen LogP contribution is -2.46. The van der Waals surface area contributed by atoms with Gasteiger partial charge in [-0.15, -0.1) is 29.3 Å². The van der Waals surface area contributed by atoms with E-state index in [2.05, 4.69) is 129 Å². The van der Waals surface area contributed by atoms with E-state index in [0.717, 1.165) is 62.2 Å². The Kier molecular flexibility index (Phi) is 8.93. The number of carboxylic acid groups (broad SMARTS) is 1. The molecule has 10 rings (SSSR count). The summed E-state index contributed by atoms with van der Waals surface area (Å²) in [4.78, 5) is 22.7. The van der Waals surface area contributed by atoms with Crippen molar-refractivity contribution in [1.82, 2.24) is 4.58 Å². The Morgan fingerprint density at radius 2 is 1.57 bits per heavy atom. The molecule has 7 aromatic rings. The van der Waals surface area contributed by atoms with Gasteiger partial charge in [0.2, 0.25) is 5.36 Å². The number of nitrogens with zero attached hydrogens (tertiary/aromatic N) is 3. The molecule has 0 atom stereocenters. The average molecular weight is 835 g/mol. The molecule has 0 radical (unpaired) electrons. The number of rotatable bonds is 9. The maximum Gasteiger partial charge on any atom is 0.212 e. The van der Waals surface area contributed by atoms with Crippen molar-refractivity contribution in [2.45, 2.75) is 45.7 Å². The van der Waals surface area contributed by atoms with E-state index in [-0.39, 0.29) is 24.2 Å². The molecule has 60 heavy (non-hydrogen) atoms. The normalized spacial score (nSPS) is 15.4. The van der Waals surface area contributed by atoms with Gasteiger partial charge < -0.3 is 34.1 Å². The van der Waals surface area contributed by atoms with Crippen LogP contribution in [0.5, 0.6) is 17.2 Å². The lowest BCUT2D eigenvalue weighted by molar-refractivity contribution is -0.303. The third kappa shape index (κ3) is 5.63. The van der Waals surface area contributed by atoms with E-state index in [0.29, 0.717) is 18.0 Å². The van der Waals surface area contributed by atoms with Crippen molar-refractivity contribution in [3.63, 3.8) is 0 Å². The summed E-state index contributed by atoms with van der Waals surface area (Å²) in [6.45, 7) is 12.2. The molecule has 0 spiro atoms. The van der Waals surface area contributed by atoms with Crippen LogP contribution in [-0.2, 0) is 20.8 Å². The molecule has 0 unspecified atom stereocenters. The maximum atomic E-state index is 11.9. The second kappa shape index (κ2) is 13.9. The molecule has 3 aliphatic heterocycles. The third-order valence-electron chi connectivity index (χ3n) is 12.9. The molecule has 3 aliphatic rings. The molecule has 11 heteroatoms. The lowest BCUT2D eigenvalue weighted by Gasteiger charge is -2.43. The van der Waals surface area contributed by atoms with Gasteiger partial charge in [0.05, 0.1) is 40.2 Å². The number of carbonyl (C=O) groups is 1. The molecular formula is C49H44N3O6S2-. The Balaban J connectivity index is 1.29. The monoisotopic (exact) mass is 834 g/mol. The first-order valence-electron chi connectivity index (χ1n) is 20.1. The number of ether oxygens (including phenoxy) is 2. The molecular weight excluding hydrogens is 791 g/mol. The van der Waals surface area contributed by atoms with Crippen molar-refractivity contribution >= 4 is 65.8 Å². The zero-order valence-electron chi connectivity index (χ0n) is 34.5. The second-order valence-corrected chi connectivity index (χ2v) is 18.8. The van der Waals surface area contributed by atoms with Crippen LogP contribution in [0.15, 0.2) is 91.0 Å². The quantitative estimate of drug-likeness (QED) is 0.0509. The molecule has 9 nitrogen and oxygen atoms in total. The Hall–Kier alpha value is -5.72. The highest BCUT2D eigenvalue weighted by atomic mass is 32.1. The van der Waals surface area contributed by atoms with Gasteiger partial charge in [-0.2, -0.15) is 0 Å². The van der Waals surface area contributed by atoms with E-state index in [9.17, 15) is 9.90 Å². The number of anilines is 2. The van der Waals surface area contributed by atoms with Crippen LogP contribution in [0.25, 0.3) is 46.6 Å². The smallest absolute Gasteiger partial charge is 0.212 e. The Labute approximate surface area is 356 Å². The zero-order chi connectivity index (χ0) is 41.8. The van der Waals surface area contributed by atoms with Gasteiger partial charge in [-0.3, -0.25) is 5.26 Å². The van der Waals surface area contributed by atoms with Crippen LogP contribution in [0.4, 0.5) is 11.4 Å². The standard InChI is InChI=1S/C49H45N3O6S2/c1-8-52(26-42(53)54)34-18-17-27(21-39(34)56-19-20-57-55)43-32-22-30-35(50(6)48(2,3)44-28-13-9-11-15-40(28)59-46(30)44)24-37(32)58-38-25-36-31(23-33(38)43)47-45(49(4,5)51(36)7)29-14-10-12-16-41(29)60-47/h9-18,20-25,55H,8,19,26H2,1-7H3,(H,53,54)/p-1. The Morgan fingerprint density at radius 3 is 2.25 bits per heavy atom. The summed E-state index contributed by atoms with van der Waals surface area (Å²) in [5, 5.41) is 25.6. The van der Waals surface area contributed by atoms with Gasteiger partial charge in [0.25, 0.3) is 0 Å². The van der Waals surface area contributed by atoms with E-state index < -0.39 is 5.97 Å². The average Bonchev–Trinajstić information content (AvgIpc) is 3.83. The predicted molar refractivity (Wildman–Crippen MR) is 240 cm³/mol. The van der Waals surface area contributed by atoms with Crippen LogP contribution in [0, 0.1) is 6.61 Å². The second-order valence-electron chi connectivity index (χ2n) is 16.7. The minimum absolute atomic E-state index is 0.0733. The highest BCUT2D eigenvalue weighted by molar-refractivity contribution is 7.23. The molecule has 304 valence electrons. The first-order valence-corrected chi connectivity index (χ1v) is 21.7. The predicted octanol–water partition coefficient (Wildman–Crippen LogP) is 8.46. The third-order valence-corrected chi connectivity index (χ3v) is 15.3. The van der Waals surface area contributed by atoms with Gasteiger partial charge in [-0.1, -0.05) is 42.5 Å². The largest absolute Gasteiger partial charge is 0.548 e. The highest BCUT2D eigenvalue weighted by Crippen LogP contribution is 2.56. The number of thiophene rings is 2. The fourth-order valence-corrected chi connectivity index (χ4v) is 12.3. The molecule has 0 saturated carbocycles. The van der Waals surface area contributed by atoms with Gasteiger partial charge in [0.1, 0.15) is 24.3 Å². The van der Waals surface area contributed by atoms with Crippen LogP contribution in [-0.4, -0.2) is 45.0 Å². The summed E-state index contributed by atoms with van der Waals surface area (Å²) in [6, 6.07) is 32.2. The van der Waals surface area contributed by atoms with Crippen molar-refractivity contribution in [2.24, 2.45) is 0 Å². The van der Waals surface area contributed by atoms with Crippen molar-refractivity contribution < 1.29 is 29.5 Å². The molecule has 2 aromatic heterocycles. The number of hydrogen-bond donors (Lipinski definition) is 1. The van der Waals surface area contributed by atoms with E-state index in [1.54, 1.807) is 4.90 Å². The maximum absolute atomic E-state index is 11.9. The molecule has 5 heterocycles. The van der Waals surface area contributed by atoms with E-state index in [1.165, 1.54) is 41.1 Å². The van der Waals surface area contributed by atoms with E-state index in [4.69, 9.17) is 14.7 Å². The number of benzene rings is 5. The SMILES string of the molecule is CCN(CC(=O)[O-])c1ccc(C2=c3cc4c(cc3Oc3cc5c(cc32)-c2sc3ccccc3c2C(C)(C)N5C)=[N+](C)C(C)(C)c2c-4sc3ccccc23)cc1OC[CH-]OO. The minimum atomic E-state index is -1.20. The number of fused-ring (bicyclic) bond motifs is 12. The summed E-state index contributed by atoms with van der Waals surface area (Å²) >= 11 is 3.65. The summed E-state index contributed by atoms with van der Waals surface area (Å²) in [5.74, 6) is 0.716. The summed E-state index contributed by atoms with van der Waals surface area (Å²) in [7, 11) is 4.33. The molecule has 1 N–H and O–H groups in total. The Bertz CT molecular complexity index is 3090. The first kappa shape index (κ1) is 38.5. The molecule has 0 saturated heterocycles. The highest BCUT2D eigenvalue weighted by Gasteiger charge is 2.43. The fourth-order valence-electron chi connectivity index (χ4n) is 9.54. The van der Waals surface area contributed by atoms with Gasteiger partial charge in [-0.25, -0.2) is 4.58 Å². The molecule has 0 fully saturated rings. The molecule has 0 bridgehead atoms. The summed E-state index contributed by atoms with van der Waals surface area (Å²) in [6.07, 6.45) is 0. The van der Waals surface area contributed by atoms with Crippen LogP contribution in [0.3, 0.4) is 0 Å². The number of carbonyl (C=O) groups excluding carboxylic acids is 1. The molecule has 0 amide bonds. The van der Waals surface area contributed by atoms with Gasteiger partial charge >= 0.3 is 0 Å².